The molecular formula is C19H25N7O2. The van der Waals surface area contributed by atoms with Crippen LogP contribution in [-0.2, 0) is 24.9 Å². The van der Waals surface area contributed by atoms with E-state index in [1.165, 1.54) is 0 Å². The predicted molar refractivity (Wildman–Crippen MR) is 106 cm³/mol. The molecular weight excluding hydrogens is 358 g/mol. The molecule has 0 radical (unpaired) electrons. The molecule has 0 spiro atoms. The van der Waals surface area contributed by atoms with Gasteiger partial charge in [-0.25, -0.2) is 4.98 Å². The molecule has 3 heterocycles. The molecule has 0 aliphatic carbocycles. The number of ether oxygens (including phenoxy) is 1. The average molecular weight is 383 g/mol. The number of methoxy groups -OCH3 is 1. The van der Waals surface area contributed by atoms with Gasteiger partial charge in [-0.3, -0.25) is 18.9 Å². The van der Waals surface area contributed by atoms with Crippen molar-refractivity contribution in [3.8, 4) is 0 Å². The molecule has 0 bridgehead atoms. The van der Waals surface area contributed by atoms with E-state index in [0.29, 0.717) is 18.5 Å². The Kier molecular flexibility index (Phi) is 5.36. The first-order valence-electron chi connectivity index (χ1n) is 9.44. The maximum absolute atomic E-state index is 12.6. The van der Waals surface area contributed by atoms with Crippen LogP contribution in [0.4, 0.5) is 5.69 Å². The fraction of sp³-hybridized carbons (Fsp3) is 0.474. The summed E-state index contributed by atoms with van der Waals surface area (Å²) in [6.07, 6.45) is 3.56. The lowest BCUT2D eigenvalue weighted by molar-refractivity contribution is 0.186. The first kappa shape index (κ1) is 18.6. The van der Waals surface area contributed by atoms with Crippen LogP contribution >= 0.6 is 0 Å². The summed E-state index contributed by atoms with van der Waals surface area (Å²) in [6.45, 7) is 5.59. The molecule has 0 saturated carbocycles. The summed E-state index contributed by atoms with van der Waals surface area (Å²) < 4.78 is 8.38. The van der Waals surface area contributed by atoms with Crippen molar-refractivity contribution in [2.45, 2.75) is 13.1 Å². The van der Waals surface area contributed by atoms with Crippen molar-refractivity contribution in [1.29, 1.82) is 0 Å². The first-order valence-corrected chi connectivity index (χ1v) is 9.44. The van der Waals surface area contributed by atoms with E-state index in [-0.39, 0.29) is 5.56 Å². The summed E-state index contributed by atoms with van der Waals surface area (Å²) in [6, 6.07) is 5.91. The summed E-state index contributed by atoms with van der Waals surface area (Å²) in [5.41, 5.74) is 2.81. The van der Waals surface area contributed by atoms with Gasteiger partial charge in [-0.05, 0) is 18.2 Å². The van der Waals surface area contributed by atoms with Crippen LogP contribution in [0.5, 0.6) is 0 Å². The van der Waals surface area contributed by atoms with Crippen molar-refractivity contribution in [1.82, 2.24) is 29.4 Å². The van der Waals surface area contributed by atoms with Gasteiger partial charge in [0, 0.05) is 58.8 Å². The molecule has 1 saturated heterocycles. The highest BCUT2D eigenvalue weighted by Crippen LogP contribution is 2.20. The molecule has 1 aliphatic rings. The molecule has 0 unspecified atom stereocenters. The minimum absolute atomic E-state index is 0.0256. The van der Waals surface area contributed by atoms with Crippen LogP contribution in [0, 0.1) is 0 Å². The Morgan fingerprint density at radius 3 is 2.71 bits per heavy atom. The maximum Gasteiger partial charge on any atom is 0.261 e. The van der Waals surface area contributed by atoms with Crippen LogP contribution < -0.4 is 10.5 Å². The van der Waals surface area contributed by atoms with E-state index >= 15 is 0 Å². The zero-order chi connectivity index (χ0) is 19.5. The number of nitrogens with zero attached hydrogens (tertiary/aromatic N) is 7. The number of hydrogen-bond donors (Lipinski definition) is 0. The minimum atomic E-state index is -0.0256. The number of benzene rings is 1. The third-order valence-corrected chi connectivity index (χ3v) is 5.12. The fourth-order valence-electron chi connectivity index (χ4n) is 3.55. The van der Waals surface area contributed by atoms with Crippen molar-refractivity contribution < 1.29 is 4.74 Å². The van der Waals surface area contributed by atoms with Gasteiger partial charge in [0.15, 0.2) is 0 Å². The van der Waals surface area contributed by atoms with Crippen molar-refractivity contribution in [3.63, 3.8) is 0 Å². The number of fused-ring (bicyclic) bond motifs is 1. The van der Waals surface area contributed by atoms with Crippen molar-refractivity contribution in [3.05, 3.63) is 46.8 Å². The topological polar surface area (TPSA) is 81.3 Å². The summed E-state index contributed by atoms with van der Waals surface area (Å²) in [5.74, 6) is 0. The highest BCUT2D eigenvalue weighted by molar-refractivity contribution is 5.81. The van der Waals surface area contributed by atoms with Gasteiger partial charge in [-0.1, -0.05) is 5.21 Å². The van der Waals surface area contributed by atoms with E-state index in [4.69, 9.17) is 4.74 Å². The molecule has 1 aromatic carbocycles. The molecule has 1 fully saturated rings. The number of rotatable bonds is 6. The van der Waals surface area contributed by atoms with E-state index in [1.54, 1.807) is 22.7 Å². The Morgan fingerprint density at radius 1 is 1.18 bits per heavy atom. The van der Waals surface area contributed by atoms with Crippen molar-refractivity contribution in [2.24, 2.45) is 7.05 Å². The standard InChI is InChI=1S/C19H25N7O2/c1-23-12-15(21-22-23)13-24-5-7-25(8-6-24)16-3-4-17-18(11-16)20-14-26(19(17)27)9-10-28-2/h3-4,11-12,14H,5-10,13H2,1-2H3. The Balaban J connectivity index is 1.44. The SMILES string of the molecule is COCCn1cnc2cc(N3CCN(Cc4cn(C)nn4)CC3)ccc2c1=O. The van der Waals surface area contributed by atoms with Crippen molar-refractivity contribution in [2.75, 3.05) is 44.8 Å². The monoisotopic (exact) mass is 383 g/mol. The second kappa shape index (κ2) is 8.07. The third-order valence-electron chi connectivity index (χ3n) is 5.12. The van der Waals surface area contributed by atoms with E-state index in [9.17, 15) is 4.79 Å². The van der Waals surface area contributed by atoms with Gasteiger partial charge in [-0.2, -0.15) is 0 Å². The van der Waals surface area contributed by atoms with E-state index in [1.807, 2.05) is 31.4 Å². The number of hydrogen-bond acceptors (Lipinski definition) is 7. The largest absolute Gasteiger partial charge is 0.383 e. The normalized spacial score (nSPS) is 15.4. The molecule has 28 heavy (non-hydrogen) atoms. The Morgan fingerprint density at radius 2 is 2.00 bits per heavy atom. The Bertz CT molecular complexity index is 1000. The summed E-state index contributed by atoms with van der Waals surface area (Å²) in [5, 5.41) is 8.80. The van der Waals surface area contributed by atoms with Gasteiger partial charge in [0.05, 0.1) is 36.1 Å². The van der Waals surface area contributed by atoms with E-state index < -0.39 is 0 Å². The van der Waals surface area contributed by atoms with Crippen LogP contribution in [0.3, 0.4) is 0 Å². The molecule has 3 aromatic rings. The lowest BCUT2D eigenvalue weighted by Crippen LogP contribution is -2.46. The molecule has 9 heteroatoms. The molecule has 0 atom stereocenters. The molecule has 1 aliphatic heterocycles. The number of aryl methyl sites for hydroxylation is 1. The van der Waals surface area contributed by atoms with Crippen LogP contribution in [-0.4, -0.2) is 69.3 Å². The molecule has 0 N–H and O–H groups in total. The maximum atomic E-state index is 12.6. The zero-order valence-electron chi connectivity index (χ0n) is 16.3. The Hall–Kier alpha value is -2.78. The van der Waals surface area contributed by atoms with Gasteiger partial charge in [0.25, 0.3) is 5.56 Å². The van der Waals surface area contributed by atoms with Gasteiger partial charge in [-0.15, -0.1) is 5.10 Å². The fourth-order valence-corrected chi connectivity index (χ4v) is 3.55. The molecule has 4 rings (SSSR count). The molecule has 9 nitrogen and oxygen atoms in total. The second-order valence-electron chi connectivity index (χ2n) is 7.08. The van der Waals surface area contributed by atoms with Gasteiger partial charge >= 0.3 is 0 Å². The molecule has 2 aromatic heterocycles. The van der Waals surface area contributed by atoms with E-state index in [2.05, 4.69) is 25.1 Å². The molecule has 0 amide bonds. The minimum Gasteiger partial charge on any atom is -0.383 e. The quantitative estimate of drug-likeness (QED) is 0.613. The van der Waals surface area contributed by atoms with Crippen LogP contribution in [0.2, 0.25) is 0 Å². The number of anilines is 1. The van der Waals surface area contributed by atoms with Gasteiger partial charge in [0.2, 0.25) is 0 Å². The summed E-state index contributed by atoms with van der Waals surface area (Å²) >= 11 is 0. The lowest BCUT2D eigenvalue weighted by Gasteiger charge is -2.35. The summed E-state index contributed by atoms with van der Waals surface area (Å²) in [4.78, 5) is 21.8. The second-order valence-corrected chi connectivity index (χ2v) is 7.08. The van der Waals surface area contributed by atoms with Crippen LogP contribution in [0.15, 0.2) is 35.5 Å². The lowest BCUT2D eigenvalue weighted by atomic mass is 10.2. The highest BCUT2D eigenvalue weighted by Gasteiger charge is 2.19. The number of aromatic nitrogens is 5. The number of piperazine rings is 1. The smallest absolute Gasteiger partial charge is 0.261 e. The first-order chi connectivity index (χ1) is 13.6. The zero-order valence-corrected chi connectivity index (χ0v) is 16.3. The average Bonchev–Trinajstić information content (AvgIpc) is 3.12. The Labute approximate surface area is 163 Å². The van der Waals surface area contributed by atoms with Crippen LogP contribution in [0.1, 0.15) is 5.69 Å². The third kappa shape index (κ3) is 3.90. The van der Waals surface area contributed by atoms with Crippen molar-refractivity contribution >= 4 is 16.6 Å². The molecule has 148 valence electrons. The van der Waals surface area contributed by atoms with Gasteiger partial charge < -0.3 is 9.64 Å². The highest BCUT2D eigenvalue weighted by atomic mass is 16.5. The van der Waals surface area contributed by atoms with Gasteiger partial charge in [0.1, 0.15) is 0 Å². The van der Waals surface area contributed by atoms with E-state index in [0.717, 1.165) is 49.6 Å². The van der Waals surface area contributed by atoms with Crippen LogP contribution in [0.25, 0.3) is 10.9 Å². The summed E-state index contributed by atoms with van der Waals surface area (Å²) in [7, 11) is 3.51. The predicted octanol–water partition coefficient (Wildman–Crippen LogP) is 0.494.